The summed E-state index contributed by atoms with van der Waals surface area (Å²) < 4.78 is 10.6. The van der Waals surface area contributed by atoms with E-state index in [-0.39, 0.29) is 25.7 Å². The van der Waals surface area contributed by atoms with Crippen molar-refractivity contribution in [1.29, 1.82) is 0 Å². The van der Waals surface area contributed by atoms with Gasteiger partial charge in [-0.1, -0.05) is 28.9 Å². The lowest BCUT2D eigenvalue weighted by atomic mass is 10.1. The number of hydrogen-bond donors (Lipinski definition) is 0. The molecule has 1 aliphatic rings. The van der Waals surface area contributed by atoms with Gasteiger partial charge in [0.2, 0.25) is 0 Å². The van der Waals surface area contributed by atoms with Gasteiger partial charge in [-0.25, -0.2) is 0 Å². The monoisotopic (exact) mass is 348 g/mol. The van der Waals surface area contributed by atoms with Crippen LogP contribution in [0.15, 0.2) is 41.6 Å². The molecule has 8 heteroatoms. The molecule has 2 aromatic carbocycles. The Kier molecular flexibility index (Phi) is 4.93. The normalized spacial score (nSPS) is 13.4. The Morgan fingerprint density at radius 2 is 2.12 bits per heavy atom. The molecule has 0 radical (unpaired) electrons. The smallest absolute Gasteiger partial charge is 0.270 e. The second-order valence-corrected chi connectivity index (χ2v) is 5.46. The number of benzene rings is 2. The van der Waals surface area contributed by atoms with Crippen LogP contribution in [0.25, 0.3) is 0 Å². The van der Waals surface area contributed by atoms with Crippen molar-refractivity contribution >= 4 is 23.5 Å². The molecule has 0 aromatic heterocycles. The molecule has 0 spiro atoms. The van der Waals surface area contributed by atoms with E-state index in [1.807, 2.05) is 0 Å². The standard InChI is InChI=1S/C16H13ClN2O5/c17-14-3-1-11(2-4-14)7-18-24-9-13-6-15(19(20)21)5-12-8-22-10-23-16(12)13/h1-7H,8-10H2/b18-7+. The molecule has 2 aromatic rings. The lowest BCUT2D eigenvalue weighted by Crippen LogP contribution is -2.13. The maximum Gasteiger partial charge on any atom is 0.270 e. The van der Waals surface area contributed by atoms with Gasteiger partial charge in [0.25, 0.3) is 5.69 Å². The van der Waals surface area contributed by atoms with Gasteiger partial charge in [0.1, 0.15) is 12.4 Å². The highest BCUT2D eigenvalue weighted by Crippen LogP contribution is 2.33. The molecular weight excluding hydrogens is 336 g/mol. The number of nitrogens with zero attached hydrogens (tertiary/aromatic N) is 2. The zero-order chi connectivity index (χ0) is 16.9. The van der Waals surface area contributed by atoms with Gasteiger partial charge in [-0.3, -0.25) is 10.1 Å². The van der Waals surface area contributed by atoms with Crippen molar-refractivity contribution in [1.82, 2.24) is 0 Å². The van der Waals surface area contributed by atoms with Crippen molar-refractivity contribution in [3.63, 3.8) is 0 Å². The fourth-order valence-corrected chi connectivity index (χ4v) is 2.37. The fraction of sp³-hybridized carbons (Fsp3) is 0.188. The molecule has 0 N–H and O–H groups in total. The lowest BCUT2D eigenvalue weighted by Gasteiger charge is -2.19. The molecule has 7 nitrogen and oxygen atoms in total. The Bertz CT molecular complexity index is 777. The number of ether oxygens (including phenoxy) is 2. The third kappa shape index (κ3) is 3.81. The maximum atomic E-state index is 11.0. The number of fused-ring (bicyclic) bond motifs is 1. The van der Waals surface area contributed by atoms with Crippen molar-refractivity contribution in [3.8, 4) is 5.75 Å². The first kappa shape index (κ1) is 16.2. The number of nitro groups is 1. The summed E-state index contributed by atoms with van der Waals surface area (Å²) in [6.07, 6.45) is 1.53. The Morgan fingerprint density at radius 1 is 1.33 bits per heavy atom. The van der Waals surface area contributed by atoms with Crippen molar-refractivity contribution in [2.45, 2.75) is 13.2 Å². The van der Waals surface area contributed by atoms with Gasteiger partial charge in [-0.15, -0.1) is 0 Å². The number of oxime groups is 1. The molecule has 1 heterocycles. The molecule has 0 amide bonds. The predicted molar refractivity (Wildman–Crippen MR) is 87.2 cm³/mol. The number of rotatable bonds is 5. The van der Waals surface area contributed by atoms with Gasteiger partial charge >= 0.3 is 0 Å². The zero-order valence-electron chi connectivity index (χ0n) is 12.5. The van der Waals surface area contributed by atoms with E-state index in [9.17, 15) is 10.1 Å². The summed E-state index contributed by atoms with van der Waals surface area (Å²) in [5.41, 5.74) is 1.96. The molecule has 124 valence electrons. The summed E-state index contributed by atoms with van der Waals surface area (Å²) in [5, 5.41) is 15.5. The zero-order valence-corrected chi connectivity index (χ0v) is 13.2. The van der Waals surface area contributed by atoms with Crippen molar-refractivity contribution in [2.24, 2.45) is 5.16 Å². The van der Waals surface area contributed by atoms with Crippen LogP contribution in [0.3, 0.4) is 0 Å². The maximum absolute atomic E-state index is 11.0. The Morgan fingerprint density at radius 3 is 2.88 bits per heavy atom. The third-order valence-electron chi connectivity index (χ3n) is 3.35. The molecule has 0 saturated heterocycles. The average molecular weight is 349 g/mol. The SMILES string of the molecule is O=[N+]([O-])c1cc2c(c(CO/N=C/c3ccc(Cl)cc3)c1)OCOC2. The van der Waals surface area contributed by atoms with E-state index < -0.39 is 4.92 Å². The van der Waals surface area contributed by atoms with Crippen LogP contribution >= 0.6 is 11.6 Å². The first-order valence-electron chi connectivity index (χ1n) is 7.05. The number of hydrogen-bond acceptors (Lipinski definition) is 6. The van der Waals surface area contributed by atoms with E-state index in [2.05, 4.69) is 5.16 Å². The number of non-ortho nitro benzene ring substituents is 1. The van der Waals surface area contributed by atoms with E-state index >= 15 is 0 Å². The predicted octanol–water partition coefficient (Wildman–Crippen LogP) is 3.67. The van der Waals surface area contributed by atoms with Gasteiger partial charge in [0.15, 0.2) is 6.79 Å². The fourth-order valence-electron chi connectivity index (χ4n) is 2.25. The van der Waals surface area contributed by atoms with Gasteiger partial charge < -0.3 is 14.3 Å². The molecule has 3 rings (SSSR count). The lowest BCUT2D eigenvalue weighted by molar-refractivity contribution is -0.385. The molecule has 0 aliphatic carbocycles. The minimum absolute atomic E-state index is 0.0388. The van der Waals surface area contributed by atoms with Crippen LogP contribution < -0.4 is 4.74 Å². The summed E-state index contributed by atoms with van der Waals surface area (Å²) >= 11 is 5.81. The van der Waals surface area contributed by atoms with Crippen LogP contribution in [-0.2, 0) is 22.8 Å². The van der Waals surface area contributed by atoms with Crippen LogP contribution in [-0.4, -0.2) is 17.9 Å². The van der Waals surface area contributed by atoms with Gasteiger partial charge in [-0.2, -0.15) is 0 Å². The topological polar surface area (TPSA) is 83.2 Å². The molecule has 24 heavy (non-hydrogen) atoms. The quantitative estimate of drug-likeness (QED) is 0.467. The Labute approximate surface area is 142 Å². The van der Waals surface area contributed by atoms with Crippen molar-refractivity contribution in [3.05, 3.63) is 68.2 Å². The largest absolute Gasteiger partial charge is 0.467 e. The molecule has 0 fully saturated rings. The minimum Gasteiger partial charge on any atom is -0.467 e. The first-order chi connectivity index (χ1) is 11.6. The molecule has 0 saturated carbocycles. The third-order valence-corrected chi connectivity index (χ3v) is 3.60. The van der Waals surface area contributed by atoms with E-state index in [0.29, 0.717) is 21.9 Å². The molecule has 0 atom stereocenters. The van der Waals surface area contributed by atoms with Crippen LogP contribution in [0.4, 0.5) is 5.69 Å². The van der Waals surface area contributed by atoms with Crippen molar-refractivity contribution in [2.75, 3.05) is 6.79 Å². The van der Waals surface area contributed by atoms with Crippen LogP contribution in [0.2, 0.25) is 5.02 Å². The number of halogens is 1. The van der Waals surface area contributed by atoms with E-state index in [4.69, 9.17) is 25.9 Å². The Balaban J connectivity index is 1.73. The minimum atomic E-state index is -0.463. The summed E-state index contributed by atoms with van der Waals surface area (Å²) in [4.78, 5) is 15.8. The second-order valence-electron chi connectivity index (χ2n) is 5.02. The summed E-state index contributed by atoms with van der Waals surface area (Å²) in [7, 11) is 0. The highest BCUT2D eigenvalue weighted by molar-refractivity contribution is 6.30. The van der Waals surface area contributed by atoms with Crippen molar-refractivity contribution < 1.29 is 19.2 Å². The molecule has 0 unspecified atom stereocenters. The highest BCUT2D eigenvalue weighted by atomic mass is 35.5. The first-order valence-corrected chi connectivity index (χ1v) is 7.43. The van der Waals surface area contributed by atoms with Crippen LogP contribution in [0, 0.1) is 10.1 Å². The number of nitro benzene ring substituents is 1. The molecular formula is C16H13ClN2O5. The van der Waals surface area contributed by atoms with Crippen LogP contribution in [0.5, 0.6) is 5.75 Å². The summed E-state index contributed by atoms with van der Waals surface area (Å²) in [6.45, 7) is 0.415. The average Bonchev–Trinajstić information content (AvgIpc) is 2.59. The molecule has 0 bridgehead atoms. The van der Waals surface area contributed by atoms with E-state index in [1.165, 1.54) is 18.3 Å². The van der Waals surface area contributed by atoms with E-state index in [1.54, 1.807) is 24.3 Å². The van der Waals surface area contributed by atoms with E-state index in [0.717, 1.165) is 5.56 Å². The van der Waals surface area contributed by atoms with Crippen LogP contribution in [0.1, 0.15) is 16.7 Å². The molecule has 1 aliphatic heterocycles. The van der Waals surface area contributed by atoms with Gasteiger partial charge in [0, 0.05) is 28.3 Å². The highest BCUT2D eigenvalue weighted by Gasteiger charge is 2.21. The van der Waals surface area contributed by atoms with Gasteiger partial charge in [-0.05, 0) is 17.7 Å². The summed E-state index contributed by atoms with van der Waals surface area (Å²) in [5.74, 6) is 0.550. The summed E-state index contributed by atoms with van der Waals surface area (Å²) in [6, 6.07) is 9.94. The second kappa shape index (κ2) is 7.29. The Hall–Kier alpha value is -2.64. The van der Waals surface area contributed by atoms with Gasteiger partial charge in [0.05, 0.1) is 17.7 Å².